The van der Waals surface area contributed by atoms with E-state index < -0.39 is 0 Å². The molecule has 28 heavy (non-hydrogen) atoms. The van der Waals surface area contributed by atoms with Crippen LogP contribution in [-0.4, -0.2) is 33.2 Å². The fraction of sp³-hybridized carbons (Fsp3) is 0.227. The number of rotatable bonds is 5. The second-order valence-corrected chi connectivity index (χ2v) is 7.05. The molecule has 0 saturated carbocycles. The van der Waals surface area contributed by atoms with Gasteiger partial charge in [0, 0.05) is 43.5 Å². The predicted molar refractivity (Wildman–Crippen MR) is 106 cm³/mol. The van der Waals surface area contributed by atoms with Crippen molar-refractivity contribution >= 4 is 5.91 Å². The van der Waals surface area contributed by atoms with Crippen molar-refractivity contribution in [3.05, 3.63) is 77.0 Å². The number of nitrogens with zero attached hydrogens (tertiary/aromatic N) is 4. The largest absolute Gasteiger partial charge is 0.330 e. The third-order valence-electron chi connectivity index (χ3n) is 5.29. The van der Waals surface area contributed by atoms with Crippen molar-refractivity contribution in [2.24, 2.45) is 12.8 Å². The number of aryl methyl sites for hydroxylation is 1. The third-order valence-corrected chi connectivity index (χ3v) is 5.29. The molecule has 0 aliphatic carbocycles. The van der Waals surface area contributed by atoms with Gasteiger partial charge >= 0.3 is 0 Å². The van der Waals surface area contributed by atoms with Crippen molar-refractivity contribution in [2.75, 3.05) is 6.54 Å². The minimum atomic E-state index is -0.117. The van der Waals surface area contributed by atoms with Gasteiger partial charge in [-0.05, 0) is 47.9 Å². The molecule has 0 bridgehead atoms. The summed E-state index contributed by atoms with van der Waals surface area (Å²) in [4.78, 5) is 14.8. The maximum Gasteiger partial charge on any atom is 0.254 e. The lowest BCUT2D eigenvalue weighted by atomic mass is 10.0. The van der Waals surface area contributed by atoms with Gasteiger partial charge in [0.25, 0.3) is 5.91 Å². The van der Waals surface area contributed by atoms with Crippen LogP contribution in [0.5, 0.6) is 0 Å². The standard InChI is InChI=1S/C22H21N5O/c1-26-21(7-8-25-26)17-5-6-20-18(11-17)14-27(22(20)28)19(13-24)10-15-3-2-4-16(9-15)12-23/h2-9,11,19H,10,13-14,24H2,1H3/t19-/m0/s1. The van der Waals surface area contributed by atoms with Crippen molar-refractivity contribution in [2.45, 2.75) is 19.0 Å². The van der Waals surface area contributed by atoms with Gasteiger partial charge in [-0.15, -0.1) is 0 Å². The molecule has 2 N–H and O–H groups in total. The molecule has 0 spiro atoms. The summed E-state index contributed by atoms with van der Waals surface area (Å²) >= 11 is 0. The second kappa shape index (κ2) is 7.29. The van der Waals surface area contributed by atoms with Crippen molar-refractivity contribution < 1.29 is 4.79 Å². The molecule has 6 heteroatoms. The number of amides is 1. The van der Waals surface area contributed by atoms with Gasteiger partial charge in [0.15, 0.2) is 0 Å². The van der Waals surface area contributed by atoms with Crippen molar-refractivity contribution in [1.29, 1.82) is 5.26 Å². The average Bonchev–Trinajstić information content (AvgIpc) is 3.29. The Balaban J connectivity index is 1.59. The monoisotopic (exact) mass is 371 g/mol. The lowest BCUT2D eigenvalue weighted by molar-refractivity contribution is 0.0708. The second-order valence-electron chi connectivity index (χ2n) is 7.05. The van der Waals surface area contributed by atoms with Crippen LogP contribution in [0.25, 0.3) is 11.3 Å². The summed E-state index contributed by atoms with van der Waals surface area (Å²) in [6.45, 7) is 0.908. The zero-order valence-electron chi connectivity index (χ0n) is 15.7. The van der Waals surface area contributed by atoms with E-state index in [9.17, 15) is 4.79 Å². The Morgan fingerprint density at radius 2 is 2.11 bits per heavy atom. The first-order chi connectivity index (χ1) is 13.6. The molecule has 0 fully saturated rings. The lowest BCUT2D eigenvalue weighted by Crippen LogP contribution is -2.42. The molecule has 4 rings (SSSR count). The molecule has 1 aliphatic heterocycles. The van der Waals surface area contributed by atoms with Crippen LogP contribution in [0, 0.1) is 11.3 Å². The number of hydrogen-bond acceptors (Lipinski definition) is 4. The summed E-state index contributed by atoms with van der Waals surface area (Å²) in [5.41, 5.74) is 11.4. The van der Waals surface area contributed by atoms with Crippen LogP contribution in [0.15, 0.2) is 54.7 Å². The molecule has 1 aliphatic rings. The Kier molecular flexibility index (Phi) is 4.68. The molecule has 140 valence electrons. The van der Waals surface area contributed by atoms with Gasteiger partial charge < -0.3 is 10.6 Å². The van der Waals surface area contributed by atoms with Crippen LogP contribution in [0.1, 0.15) is 27.0 Å². The van der Waals surface area contributed by atoms with E-state index in [4.69, 9.17) is 11.0 Å². The first-order valence-corrected chi connectivity index (χ1v) is 9.22. The Morgan fingerprint density at radius 1 is 1.25 bits per heavy atom. The molecule has 1 amide bonds. The van der Waals surface area contributed by atoms with Gasteiger partial charge in [0.2, 0.25) is 0 Å². The van der Waals surface area contributed by atoms with Crippen LogP contribution in [-0.2, 0) is 20.0 Å². The van der Waals surface area contributed by atoms with Crippen molar-refractivity contribution in [1.82, 2.24) is 14.7 Å². The highest BCUT2D eigenvalue weighted by Crippen LogP contribution is 2.30. The number of nitrogens with two attached hydrogens (primary N) is 1. The van der Waals surface area contributed by atoms with Crippen LogP contribution < -0.4 is 5.73 Å². The first kappa shape index (κ1) is 18.0. The summed E-state index contributed by atoms with van der Waals surface area (Å²) in [6, 6.07) is 17.4. The molecule has 3 aromatic rings. The summed E-state index contributed by atoms with van der Waals surface area (Å²) in [7, 11) is 1.90. The number of hydrogen-bond donors (Lipinski definition) is 1. The number of nitriles is 1. The summed E-state index contributed by atoms with van der Waals surface area (Å²) < 4.78 is 1.82. The molecule has 1 aromatic heterocycles. The molecule has 0 saturated heterocycles. The van der Waals surface area contributed by atoms with Crippen LogP contribution in [0.4, 0.5) is 0 Å². The predicted octanol–water partition coefficient (Wildman–Crippen LogP) is 2.48. The Morgan fingerprint density at radius 3 is 2.82 bits per heavy atom. The van der Waals surface area contributed by atoms with Crippen LogP contribution in [0.3, 0.4) is 0 Å². The quantitative estimate of drug-likeness (QED) is 0.746. The minimum absolute atomic E-state index is 0.0124. The Labute approximate surface area is 163 Å². The molecule has 1 atom stereocenters. The van der Waals surface area contributed by atoms with Gasteiger partial charge in [0.05, 0.1) is 17.3 Å². The number of aromatic nitrogens is 2. The smallest absolute Gasteiger partial charge is 0.254 e. The molecular formula is C22H21N5O. The SMILES string of the molecule is Cn1nccc1-c1ccc2c(c1)CN([C@H](CN)Cc1cccc(C#N)c1)C2=O. The first-order valence-electron chi connectivity index (χ1n) is 9.22. The van der Waals surface area contributed by atoms with E-state index >= 15 is 0 Å². The third kappa shape index (κ3) is 3.17. The topological polar surface area (TPSA) is 87.9 Å². The van der Waals surface area contributed by atoms with E-state index in [0.29, 0.717) is 25.1 Å². The molecule has 2 heterocycles. The van der Waals surface area contributed by atoms with Crippen molar-refractivity contribution in [3.8, 4) is 17.3 Å². The normalized spacial score (nSPS) is 14.0. The Hall–Kier alpha value is -3.43. The summed E-state index contributed by atoms with van der Waals surface area (Å²) in [5.74, 6) is 0.0124. The lowest BCUT2D eigenvalue weighted by Gasteiger charge is -2.26. The van der Waals surface area contributed by atoms with Gasteiger partial charge in [-0.2, -0.15) is 10.4 Å². The van der Waals surface area contributed by atoms with E-state index in [0.717, 1.165) is 27.9 Å². The zero-order valence-corrected chi connectivity index (χ0v) is 15.7. The summed E-state index contributed by atoms with van der Waals surface area (Å²) in [5, 5.41) is 13.3. The van der Waals surface area contributed by atoms with E-state index in [1.54, 1.807) is 12.3 Å². The molecule has 2 aromatic carbocycles. The fourth-order valence-corrected chi connectivity index (χ4v) is 3.82. The number of carbonyl (C=O) groups is 1. The zero-order chi connectivity index (χ0) is 19.7. The maximum atomic E-state index is 13.0. The minimum Gasteiger partial charge on any atom is -0.330 e. The fourth-order valence-electron chi connectivity index (χ4n) is 3.82. The molecular weight excluding hydrogens is 350 g/mol. The van der Waals surface area contributed by atoms with Crippen LogP contribution >= 0.6 is 0 Å². The van der Waals surface area contributed by atoms with E-state index in [2.05, 4.69) is 17.2 Å². The van der Waals surface area contributed by atoms with E-state index in [1.165, 1.54) is 0 Å². The van der Waals surface area contributed by atoms with Crippen LogP contribution in [0.2, 0.25) is 0 Å². The number of carbonyl (C=O) groups excluding carboxylic acids is 1. The average molecular weight is 371 g/mol. The maximum absolute atomic E-state index is 13.0. The highest BCUT2D eigenvalue weighted by Gasteiger charge is 2.32. The van der Waals surface area contributed by atoms with E-state index in [-0.39, 0.29) is 11.9 Å². The number of benzene rings is 2. The van der Waals surface area contributed by atoms with Gasteiger partial charge in [0.1, 0.15) is 0 Å². The highest BCUT2D eigenvalue weighted by atomic mass is 16.2. The van der Waals surface area contributed by atoms with Gasteiger partial charge in [-0.3, -0.25) is 9.48 Å². The summed E-state index contributed by atoms with van der Waals surface area (Å²) in [6.07, 6.45) is 2.39. The van der Waals surface area contributed by atoms with Crippen molar-refractivity contribution in [3.63, 3.8) is 0 Å². The van der Waals surface area contributed by atoms with Gasteiger partial charge in [-0.1, -0.05) is 18.2 Å². The molecule has 0 unspecified atom stereocenters. The molecule has 0 radical (unpaired) electrons. The Bertz CT molecular complexity index is 1080. The molecule has 6 nitrogen and oxygen atoms in total. The number of fused-ring (bicyclic) bond motifs is 1. The van der Waals surface area contributed by atoms with Gasteiger partial charge in [-0.25, -0.2) is 0 Å². The van der Waals surface area contributed by atoms with E-state index in [1.807, 2.05) is 53.0 Å². The highest BCUT2D eigenvalue weighted by molar-refractivity contribution is 5.99.